The second kappa shape index (κ2) is 29.5. The number of phenolic OH excluding ortho intramolecular Hbond substituents is 3. The number of aliphatic hydroxyl groups is 10. The van der Waals surface area contributed by atoms with E-state index in [0.717, 1.165) is 24.6 Å². The van der Waals surface area contributed by atoms with E-state index in [-0.39, 0.29) is 93.9 Å². The number of fused-ring (bicyclic) bond motifs is 9. The molecule has 1 unspecified atom stereocenters. The number of Topliss-reactive ketones (excluding diaryl/α,β-unsaturated/α-hetero) is 6. The Morgan fingerprint density at radius 2 is 0.928 bits per heavy atom. The van der Waals surface area contributed by atoms with Crippen molar-refractivity contribution in [2.24, 2.45) is 63.3 Å². The number of oxime groups is 1. The molecule has 9 aliphatic carbocycles. The van der Waals surface area contributed by atoms with Crippen LogP contribution in [0.1, 0.15) is 123 Å². The lowest BCUT2D eigenvalue weighted by Gasteiger charge is -2.50. The van der Waals surface area contributed by atoms with Crippen molar-refractivity contribution in [1.82, 2.24) is 14.7 Å². The second-order valence-corrected chi connectivity index (χ2v) is 32.2. The molecule has 13 atom stereocenters. The molecule has 3 amide bonds. The van der Waals surface area contributed by atoms with Gasteiger partial charge in [0, 0.05) is 40.0 Å². The molecule has 0 radical (unpaired) electrons. The third kappa shape index (κ3) is 13.1. The van der Waals surface area contributed by atoms with Crippen LogP contribution >= 0.6 is 0 Å². The highest BCUT2D eigenvalue weighted by Gasteiger charge is 2.68. The van der Waals surface area contributed by atoms with Gasteiger partial charge in [-0.1, -0.05) is 44.1 Å². The van der Waals surface area contributed by atoms with Crippen LogP contribution in [0.5, 0.6) is 17.2 Å². The van der Waals surface area contributed by atoms with Crippen LogP contribution in [-0.2, 0) is 75.3 Å². The molecule has 20 N–H and O–H groups in total. The molecule has 9 aliphatic rings. The fourth-order valence-electron chi connectivity index (χ4n) is 18.5. The molecular weight excluding hydrogens is 1440 g/mol. The average Bonchev–Trinajstić information content (AvgIpc) is 1.06. The number of hydrogen-bond donors (Lipinski definition) is 17. The fourth-order valence-corrected chi connectivity index (χ4v) is 18.5. The molecule has 3 fully saturated rings. The number of carbonyl (C=O) groups excluding carboxylic acids is 9. The number of amides is 3. The van der Waals surface area contributed by atoms with Gasteiger partial charge in [-0.2, -0.15) is 0 Å². The van der Waals surface area contributed by atoms with Gasteiger partial charge in [-0.3, -0.25) is 57.9 Å². The molecule has 1 aromatic heterocycles. The van der Waals surface area contributed by atoms with Crippen molar-refractivity contribution < 1.29 is 119 Å². The molecule has 31 nitrogen and oxygen atoms in total. The smallest absolute Gasteiger partial charge is 0.255 e. The largest absolute Gasteiger partial charge is 0.508 e. The molecule has 3 saturated carbocycles. The zero-order chi connectivity index (χ0) is 82.0. The predicted molar refractivity (Wildman–Crippen MR) is 397 cm³/mol. The number of rotatable bonds is 15. The van der Waals surface area contributed by atoms with Crippen molar-refractivity contribution in [2.75, 3.05) is 42.3 Å². The zero-order valence-electron chi connectivity index (χ0n) is 62.8. The number of hydrogen-bond acceptors (Lipinski definition) is 28. The molecule has 4 aromatic rings. The number of phenols is 3. The van der Waals surface area contributed by atoms with Crippen LogP contribution in [0.3, 0.4) is 0 Å². The van der Waals surface area contributed by atoms with Crippen molar-refractivity contribution in [3.8, 4) is 28.6 Å². The number of aryl methyl sites for hydroxylation is 2. The lowest BCUT2D eigenvalue weighted by Crippen LogP contribution is -2.65. The summed E-state index contributed by atoms with van der Waals surface area (Å²) in [5.74, 6) is -19.5. The van der Waals surface area contributed by atoms with E-state index in [2.05, 4.69) is 25.9 Å². The first-order valence-electron chi connectivity index (χ1n) is 36.3. The highest BCUT2D eigenvalue weighted by atomic mass is 16.4. The number of aromatic hydroxyl groups is 3. The van der Waals surface area contributed by atoms with Crippen molar-refractivity contribution in [3.63, 3.8) is 0 Å². The summed E-state index contributed by atoms with van der Waals surface area (Å²) in [6, 6.07) is 9.51. The van der Waals surface area contributed by atoms with Gasteiger partial charge in [0.1, 0.15) is 86.3 Å². The average molecular weight is 1540 g/mol. The first-order valence-corrected chi connectivity index (χ1v) is 36.3. The van der Waals surface area contributed by atoms with E-state index in [1.807, 2.05) is 12.1 Å². The van der Waals surface area contributed by atoms with Crippen LogP contribution in [0, 0.1) is 40.9 Å². The SMILES string of the molecule is CC(O)CCCc1ccc(O)c2c1C[C@H]1C[C@H]3[C@@H](N(C)C)C(=O)C(C(N)=O)=C(O)[C@@]3(O)C(=O)C1=C2O.CN(C)[C@H]1C(=O)C(C(N)=O)=C(O)[C@@]2(O)C(=O)C3=C(O)c4c(O)ccc(-c5ccc(/C=N/O)o5)c4C[C@H]3C[C@@H]12.CN(C)[C@H]1C(=O)C(C(N)=O)=C(O)[C@@]2(O)C(=O)C3=C(O)c4c(ccc(CCCC(C)(C)C)c4O)C[C@H]3C[C@@H]12. The number of nitrogens with two attached hydrogens (primary N) is 3. The maximum Gasteiger partial charge on any atom is 0.255 e. The normalized spacial score (nSPS) is 27.8. The summed E-state index contributed by atoms with van der Waals surface area (Å²) in [5.41, 5.74) is 9.06. The van der Waals surface area contributed by atoms with Gasteiger partial charge < -0.3 is 93.2 Å². The summed E-state index contributed by atoms with van der Waals surface area (Å²) in [6.07, 6.45) is 5.56. The predicted octanol–water partition coefficient (Wildman–Crippen LogP) is 4.03. The van der Waals surface area contributed by atoms with Gasteiger partial charge in [-0.05, 0) is 208 Å². The number of aliphatic hydroxyl groups excluding tert-OH is 7. The maximum atomic E-state index is 13.8. The van der Waals surface area contributed by atoms with Crippen molar-refractivity contribution >= 4 is 75.9 Å². The monoisotopic (exact) mass is 1540 g/mol. The summed E-state index contributed by atoms with van der Waals surface area (Å²) in [4.78, 5) is 121. The van der Waals surface area contributed by atoms with Crippen molar-refractivity contribution in [3.05, 3.63) is 150 Å². The van der Waals surface area contributed by atoms with E-state index < -0.39 is 180 Å². The molecule has 0 saturated heterocycles. The first kappa shape index (κ1) is 81.2. The Bertz CT molecular complexity index is 4920. The fraction of sp³-hybridized carbons (Fsp3) is 0.450. The summed E-state index contributed by atoms with van der Waals surface area (Å²) >= 11 is 0. The minimum absolute atomic E-state index is 0.0264. The van der Waals surface area contributed by atoms with E-state index in [9.17, 15) is 110 Å². The highest BCUT2D eigenvalue weighted by Crippen LogP contribution is 2.58. The van der Waals surface area contributed by atoms with Gasteiger partial charge in [0.2, 0.25) is 17.3 Å². The summed E-state index contributed by atoms with van der Waals surface area (Å²) in [6.45, 7) is 8.10. The van der Waals surface area contributed by atoms with Crippen molar-refractivity contribution in [2.45, 2.75) is 146 Å². The Morgan fingerprint density at radius 1 is 0.541 bits per heavy atom. The quantitative estimate of drug-likeness (QED) is 0.0346. The number of primary amides is 3. The molecule has 0 spiro atoms. The van der Waals surface area contributed by atoms with E-state index >= 15 is 0 Å². The van der Waals surface area contributed by atoms with Crippen LogP contribution in [0.4, 0.5) is 0 Å². The number of benzene rings is 3. The molecule has 13 rings (SSSR count). The minimum Gasteiger partial charge on any atom is -0.508 e. The lowest BCUT2D eigenvalue weighted by molar-refractivity contribution is -0.155. The molecule has 31 heteroatoms. The molecule has 111 heavy (non-hydrogen) atoms. The number of nitrogens with zero attached hydrogens (tertiary/aromatic N) is 4. The molecule has 0 bridgehead atoms. The van der Waals surface area contributed by atoms with Crippen molar-refractivity contribution in [1.29, 1.82) is 0 Å². The number of carbonyl (C=O) groups is 9. The second-order valence-electron chi connectivity index (χ2n) is 32.2. The van der Waals surface area contributed by atoms with Gasteiger partial charge >= 0.3 is 0 Å². The van der Waals surface area contributed by atoms with E-state index in [0.29, 0.717) is 65.7 Å². The molecule has 3 aromatic carbocycles. The van der Waals surface area contributed by atoms with Crippen LogP contribution in [-0.4, -0.2) is 228 Å². The van der Waals surface area contributed by atoms with Gasteiger partial charge in [-0.25, -0.2) is 0 Å². The first-order chi connectivity index (χ1) is 51.8. The van der Waals surface area contributed by atoms with Gasteiger partial charge in [0.15, 0.2) is 34.2 Å². The third-order valence-electron chi connectivity index (χ3n) is 23.5. The molecule has 0 aliphatic heterocycles. The Balaban J connectivity index is 0.000000165. The van der Waals surface area contributed by atoms with Crippen LogP contribution in [0.15, 0.2) is 109 Å². The Hall–Kier alpha value is -10.8. The van der Waals surface area contributed by atoms with Gasteiger partial charge in [0.25, 0.3) is 17.7 Å². The zero-order valence-corrected chi connectivity index (χ0v) is 62.8. The maximum absolute atomic E-state index is 13.8. The van der Waals surface area contributed by atoms with Crippen LogP contribution in [0.25, 0.3) is 28.6 Å². The Labute approximate surface area is 636 Å². The number of ketones is 6. The highest BCUT2D eigenvalue weighted by molar-refractivity contribution is 6.27. The number of likely N-dealkylation sites (N-methyl/N-ethyl adjacent to an activating group) is 3. The van der Waals surface area contributed by atoms with Crippen LogP contribution < -0.4 is 17.2 Å². The van der Waals surface area contributed by atoms with E-state index in [1.165, 1.54) is 40.9 Å². The Morgan fingerprint density at radius 3 is 1.33 bits per heavy atom. The Kier molecular flexibility index (Phi) is 21.5. The van der Waals surface area contributed by atoms with E-state index in [4.69, 9.17) is 26.8 Å². The molecule has 1 heterocycles. The minimum atomic E-state index is -2.70. The topological polar surface area (TPSA) is 550 Å². The standard InChI is InChI=1S/C28H36N2O7.C26H25N3O9.C26H32N2O8/c1-27(2,3)10-6-7-13-8-9-14-11-15-12-16-20(30(4)5)23(33)19(26(29)36)25(35)28(16,37)24(34)18(15)22(32)17(14)21(13)31;1-29(2)20-14-8-10-7-13-12(16-6-3-11(38-16)9-28-37)4-5-15(30)18(13)21(31)17(10)23(33)26(14,36)24(34)19(22(20)32)25(27)35;1-11(29)5-4-6-12-7-8-16(30)18-14(12)9-13-10-15-20(28(2)3)22(32)19(25(27)35)24(34)26(15,36)23(33)17(13)21(18)31/h8-9,15-16,20,31-32,35,37H,6-7,10-12H2,1-5H3,(H2,29,36);3-6,9-10,14,20,30-31,34,36-37H,7-8H2,1-2H3,(H2,27,35);7-8,11,13,15,20,29-31,34,36H,4-6,9-10H2,1-3H3,(H2,27,35)/b;28-9+;/t15-,16-,20+,28-;10-,14-,20+,26-;11?,13-,15-,20+,26-/m000/s1. The van der Waals surface area contributed by atoms with Gasteiger partial charge in [0.05, 0.1) is 40.9 Å². The van der Waals surface area contributed by atoms with Crippen LogP contribution in [0.2, 0.25) is 0 Å². The van der Waals surface area contributed by atoms with E-state index in [1.54, 1.807) is 59.4 Å². The summed E-state index contributed by atoms with van der Waals surface area (Å²) in [7, 11) is 9.35. The summed E-state index contributed by atoms with van der Waals surface area (Å²) in [5, 5.41) is 155. The van der Waals surface area contributed by atoms with Gasteiger partial charge in [-0.15, -0.1) is 0 Å². The lowest BCUT2D eigenvalue weighted by atomic mass is 9.57. The summed E-state index contributed by atoms with van der Waals surface area (Å²) < 4.78 is 5.69. The number of furan rings is 1. The molecular formula is C80H93N7O24. The molecule has 592 valence electrons. The third-order valence-corrected chi connectivity index (χ3v) is 23.5.